The molecule has 3 N–H and O–H groups in total. The van der Waals surface area contributed by atoms with Crippen LogP contribution in [0.4, 0.5) is 10.5 Å². The molecule has 122 valence electrons. The molecule has 0 aromatic heterocycles. The highest BCUT2D eigenvalue weighted by molar-refractivity contribution is 5.94. The first-order valence-corrected chi connectivity index (χ1v) is 7.99. The largest absolute Gasteiger partial charge is 0.354 e. The molecule has 0 spiro atoms. The van der Waals surface area contributed by atoms with E-state index in [1.54, 1.807) is 6.92 Å². The molecule has 1 aromatic carbocycles. The molecule has 0 radical (unpaired) electrons. The van der Waals surface area contributed by atoms with Gasteiger partial charge >= 0.3 is 6.03 Å². The number of nitrogens with one attached hydrogen (secondary N) is 3. The lowest BCUT2D eigenvalue weighted by Crippen LogP contribution is -2.46. The molecule has 0 saturated heterocycles. The summed E-state index contributed by atoms with van der Waals surface area (Å²) in [5.41, 5.74) is 3.04. The SMILES string of the molecule is CCCNC(=O)C(C)NC(=O)Nc1c(CC)cccc1CC. The molecule has 0 aliphatic rings. The summed E-state index contributed by atoms with van der Waals surface area (Å²) >= 11 is 0. The van der Waals surface area contributed by atoms with Gasteiger partial charge in [-0.3, -0.25) is 4.79 Å². The van der Waals surface area contributed by atoms with Crippen molar-refractivity contribution < 1.29 is 9.59 Å². The molecule has 1 unspecified atom stereocenters. The van der Waals surface area contributed by atoms with Crippen molar-refractivity contribution >= 4 is 17.6 Å². The van der Waals surface area contributed by atoms with Gasteiger partial charge in [0.2, 0.25) is 5.91 Å². The maximum Gasteiger partial charge on any atom is 0.319 e. The molecule has 1 rings (SSSR count). The molecule has 0 fully saturated rings. The quantitative estimate of drug-likeness (QED) is 0.725. The Balaban J connectivity index is 2.71. The molecule has 0 aliphatic carbocycles. The van der Waals surface area contributed by atoms with E-state index in [4.69, 9.17) is 0 Å². The van der Waals surface area contributed by atoms with Crippen LogP contribution in [-0.2, 0) is 17.6 Å². The third-order valence-electron chi connectivity index (χ3n) is 3.53. The van der Waals surface area contributed by atoms with Gasteiger partial charge < -0.3 is 16.0 Å². The highest BCUT2D eigenvalue weighted by Gasteiger charge is 2.16. The normalized spacial score (nSPS) is 11.6. The molecule has 22 heavy (non-hydrogen) atoms. The Kier molecular flexibility index (Phi) is 7.43. The third kappa shape index (κ3) is 5.06. The Morgan fingerprint density at radius 2 is 1.68 bits per heavy atom. The second-order valence-corrected chi connectivity index (χ2v) is 5.27. The van der Waals surface area contributed by atoms with Gasteiger partial charge in [-0.2, -0.15) is 0 Å². The highest BCUT2D eigenvalue weighted by atomic mass is 16.2. The number of aryl methyl sites for hydroxylation is 2. The fourth-order valence-electron chi connectivity index (χ4n) is 2.22. The minimum atomic E-state index is -0.564. The van der Waals surface area contributed by atoms with Gasteiger partial charge in [0.05, 0.1) is 0 Å². The first-order chi connectivity index (χ1) is 10.5. The lowest BCUT2D eigenvalue weighted by molar-refractivity contribution is -0.122. The summed E-state index contributed by atoms with van der Waals surface area (Å²) in [6, 6.07) is 5.10. The summed E-state index contributed by atoms with van der Waals surface area (Å²) in [6.45, 7) is 8.39. The highest BCUT2D eigenvalue weighted by Crippen LogP contribution is 2.22. The summed E-state index contributed by atoms with van der Waals surface area (Å²) < 4.78 is 0. The van der Waals surface area contributed by atoms with Gasteiger partial charge in [-0.1, -0.05) is 39.0 Å². The van der Waals surface area contributed by atoms with Gasteiger partial charge in [0.25, 0.3) is 0 Å². The smallest absolute Gasteiger partial charge is 0.319 e. The summed E-state index contributed by atoms with van der Waals surface area (Å²) in [7, 11) is 0. The fourth-order valence-corrected chi connectivity index (χ4v) is 2.22. The van der Waals surface area contributed by atoms with Gasteiger partial charge in [-0.05, 0) is 37.3 Å². The van der Waals surface area contributed by atoms with Crippen molar-refractivity contribution in [2.24, 2.45) is 0 Å². The van der Waals surface area contributed by atoms with Crippen LogP contribution in [-0.4, -0.2) is 24.5 Å². The molecule has 0 heterocycles. The van der Waals surface area contributed by atoms with Crippen LogP contribution in [0.5, 0.6) is 0 Å². The molecule has 1 atom stereocenters. The van der Waals surface area contributed by atoms with Crippen LogP contribution in [0.15, 0.2) is 18.2 Å². The molecule has 3 amide bonds. The van der Waals surface area contributed by atoms with E-state index in [9.17, 15) is 9.59 Å². The van der Waals surface area contributed by atoms with E-state index in [1.807, 2.05) is 25.1 Å². The summed E-state index contributed by atoms with van der Waals surface area (Å²) in [5, 5.41) is 8.34. The zero-order chi connectivity index (χ0) is 16.5. The van der Waals surface area contributed by atoms with Crippen LogP contribution in [0.3, 0.4) is 0 Å². The van der Waals surface area contributed by atoms with Crippen LogP contribution in [0.25, 0.3) is 0 Å². The molecule has 0 saturated carbocycles. The Morgan fingerprint density at radius 3 is 2.18 bits per heavy atom. The van der Waals surface area contributed by atoms with Crippen molar-refractivity contribution in [1.29, 1.82) is 0 Å². The first kappa shape index (κ1) is 18.0. The van der Waals surface area contributed by atoms with Gasteiger partial charge in [-0.25, -0.2) is 4.79 Å². The summed E-state index contributed by atoms with van der Waals surface area (Å²) in [5.74, 6) is -0.170. The van der Waals surface area contributed by atoms with E-state index in [1.165, 1.54) is 0 Å². The summed E-state index contributed by atoms with van der Waals surface area (Å²) in [4.78, 5) is 23.9. The monoisotopic (exact) mass is 305 g/mol. The van der Waals surface area contributed by atoms with Crippen molar-refractivity contribution in [1.82, 2.24) is 10.6 Å². The van der Waals surface area contributed by atoms with E-state index in [0.29, 0.717) is 6.54 Å². The minimum absolute atomic E-state index is 0.170. The third-order valence-corrected chi connectivity index (χ3v) is 3.53. The maximum absolute atomic E-state index is 12.1. The standard InChI is InChI=1S/C17H27N3O2/c1-5-11-18-16(21)12(4)19-17(22)20-15-13(6-2)9-8-10-14(15)7-3/h8-10,12H,5-7,11H2,1-4H3,(H,18,21)(H2,19,20,22). The molecule has 5 heteroatoms. The Morgan fingerprint density at radius 1 is 1.09 bits per heavy atom. The Bertz CT molecular complexity index is 492. The molecular weight excluding hydrogens is 278 g/mol. The van der Waals surface area contributed by atoms with Crippen molar-refractivity contribution in [3.8, 4) is 0 Å². The van der Waals surface area contributed by atoms with Gasteiger partial charge in [-0.15, -0.1) is 0 Å². The predicted molar refractivity (Wildman–Crippen MR) is 90.1 cm³/mol. The van der Waals surface area contributed by atoms with Crippen LogP contribution in [0, 0.1) is 0 Å². The number of anilines is 1. The lowest BCUT2D eigenvalue weighted by Gasteiger charge is -2.17. The van der Waals surface area contributed by atoms with E-state index < -0.39 is 6.04 Å². The zero-order valence-corrected chi connectivity index (χ0v) is 14.0. The number of carbonyl (C=O) groups excluding carboxylic acids is 2. The number of hydrogen-bond acceptors (Lipinski definition) is 2. The number of urea groups is 1. The molecule has 0 aliphatic heterocycles. The maximum atomic E-state index is 12.1. The predicted octanol–water partition coefficient (Wildman–Crippen LogP) is 2.85. The molecular formula is C17H27N3O2. The average Bonchev–Trinajstić information content (AvgIpc) is 2.52. The van der Waals surface area contributed by atoms with Gasteiger partial charge in [0, 0.05) is 12.2 Å². The van der Waals surface area contributed by atoms with Crippen molar-refractivity contribution in [2.45, 2.75) is 53.0 Å². The van der Waals surface area contributed by atoms with Crippen LogP contribution < -0.4 is 16.0 Å². The van der Waals surface area contributed by atoms with Crippen LogP contribution in [0.2, 0.25) is 0 Å². The van der Waals surface area contributed by atoms with Gasteiger partial charge in [0.15, 0.2) is 0 Å². The lowest BCUT2D eigenvalue weighted by atomic mass is 10.0. The minimum Gasteiger partial charge on any atom is -0.354 e. The van der Waals surface area contributed by atoms with E-state index in [2.05, 4.69) is 29.8 Å². The number of rotatable bonds is 7. The molecule has 1 aromatic rings. The van der Waals surface area contributed by atoms with Crippen molar-refractivity contribution in [2.75, 3.05) is 11.9 Å². The Hall–Kier alpha value is -2.04. The molecule has 0 bridgehead atoms. The number of amides is 3. The van der Waals surface area contributed by atoms with E-state index >= 15 is 0 Å². The second kappa shape index (κ2) is 9.07. The van der Waals surface area contributed by atoms with E-state index in [-0.39, 0.29) is 11.9 Å². The number of carbonyl (C=O) groups is 2. The average molecular weight is 305 g/mol. The summed E-state index contributed by atoms with van der Waals surface area (Å²) in [6.07, 6.45) is 2.56. The van der Waals surface area contributed by atoms with Crippen molar-refractivity contribution in [3.05, 3.63) is 29.3 Å². The topological polar surface area (TPSA) is 70.2 Å². The van der Waals surface area contributed by atoms with Crippen LogP contribution in [0.1, 0.15) is 45.2 Å². The first-order valence-electron chi connectivity index (χ1n) is 7.99. The zero-order valence-electron chi connectivity index (χ0n) is 14.0. The van der Waals surface area contributed by atoms with Crippen LogP contribution >= 0.6 is 0 Å². The van der Waals surface area contributed by atoms with Crippen molar-refractivity contribution in [3.63, 3.8) is 0 Å². The fraction of sp³-hybridized carbons (Fsp3) is 0.529. The Labute approximate surface area is 132 Å². The van der Waals surface area contributed by atoms with E-state index in [0.717, 1.165) is 36.1 Å². The molecule has 5 nitrogen and oxygen atoms in total. The van der Waals surface area contributed by atoms with Gasteiger partial charge in [0.1, 0.15) is 6.04 Å². The number of hydrogen-bond donors (Lipinski definition) is 3. The second-order valence-electron chi connectivity index (χ2n) is 5.27. The number of benzene rings is 1. The number of para-hydroxylation sites is 1.